The number of para-hydroxylation sites is 1. The van der Waals surface area contributed by atoms with Gasteiger partial charge in [0.25, 0.3) is 0 Å². The number of nitrogens with two attached hydrogens (primary N) is 2. The number of amides is 5. The molecule has 5 amide bonds. The third-order valence-corrected chi connectivity index (χ3v) is 9.29. The number of hydrogen-bond acceptors (Lipinski definition) is 10. The fourth-order valence-corrected chi connectivity index (χ4v) is 6.20. The average Bonchev–Trinajstić information content (AvgIpc) is 3.89. The number of aromatic nitrogens is 3. The van der Waals surface area contributed by atoms with Crippen LogP contribution in [0.3, 0.4) is 0 Å². The highest BCUT2D eigenvalue weighted by Crippen LogP contribution is 2.19. The van der Waals surface area contributed by atoms with E-state index in [-0.39, 0.29) is 57.5 Å². The predicted molar refractivity (Wildman–Crippen MR) is 217 cm³/mol. The van der Waals surface area contributed by atoms with Crippen LogP contribution in [0.1, 0.15) is 42.5 Å². The maximum atomic E-state index is 14.3. The number of H-pyrrole nitrogens is 2. The molecule has 0 saturated heterocycles. The first kappa shape index (κ1) is 45.4. The zero-order valence-corrected chi connectivity index (χ0v) is 32.5. The molecule has 5 atom stereocenters. The first-order valence-electron chi connectivity index (χ1n) is 19.0. The molecule has 320 valence electrons. The minimum Gasteiger partial charge on any atom is -0.481 e. The van der Waals surface area contributed by atoms with Gasteiger partial charge in [-0.3, -0.25) is 39.0 Å². The van der Waals surface area contributed by atoms with Crippen molar-refractivity contribution in [3.05, 3.63) is 90.1 Å². The summed E-state index contributed by atoms with van der Waals surface area (Å²) < 4.78 is 0. The maximum absolute atomic E-state index is 14.3. The molecule has 21 heteroatoms. The second kappa shape index (κ2) is 22.6. The van der Waals surface area contributed by atoms with Gasteiger partial charge < -0.3 is 63.5 Å². The molecule has 0 bridgehead atoms. The number of fused-ring (bicyclic) bond motifs is 1. The third kappa shape index (κ3) is 14.6. The van der Waals surface area contributed by atoms with E-state index >= 15 is 0 Å². The molecule has 0 aliphatic rings. The lowest BCUT2D eigenvalue weighted by Crippen LogP contribution is -2.60. The van der Waals surface area contributed by atoms with Crippen LogP contribution < -0.4 is 43.4 Å². The molecule has 2 aromatic carbocycles. The van der Waals surface area contributed by atoms with Crippen molar-refractivity contribution in [3.8, 4) is 0 Å². The predicted octanol–water partition coefficient (Wildman–Crippen LogP) is -1.49. The molecule has 0 radical (unpaired) electrons. The number of imidazole rings is 1. The Kier molecular flexibility index (Phi) is 17.1. The number of benzene rings is 2. The Morgan fingerprint density at radius 1 is 0.700 bits per heavy atom. The van der Waals surface area contributed by atoms with Crippen LogP contribution in [-0.2, 0) is 52.8 Å². The summed E-state index contributed by atoms with van der Waals surface area (Å²) in [5, 5.41) is 42.1. The summed E-state index contributed by atoms with van der Waals surface area (Å²) in [5.41, 5.74) is 13.8. The van der Waals surface area contributed by atoms with E-state index in [0.717, 1.165) is 10.9 Å². The van der Waals surface area contributed by atoms with Crippen LogP contribution in [0.2, 0.25) is 0 Å². The van der Waals surface area contributed by atoms with E-state index in [4.69, 9.17) is 22.0 Å². The fraction of sp³-hybridized carbons (Fsp3) is 0.359. The van der Waals surface area contributed by atoms with Crippen molar-refractivity contribution in [1.29, 1.82) is 5.41 Å². The molecule has 0 spiro atoms. The molecule has 0 saturated carbocycles. The van der Waals surface area contributed by atoms with Gasteiger partial charge in [-0.2, -0.15) is 0 Å². The Hall–Kier alpha value is -7.29. The number of guanidine groups is 1. The SMILES string of the molecule is N=C(N)NCCC[C@H](NC(=O)[C@H](Cc1ccccc1)NC(=O)[C@H](Cc1c[nH]cn1)NC(=O)[C@@H](N)CCC(=O)O)C(=O)N[C@@H](Cc1c[nH]c2ccccc12)C(=O)NCC(=O)O. The highest BCUT2D eigenvalue weighted by molar-refractivity contribution is 5.97. The number of aromatic amines is 2. The van der Waals surface area contributed by atoms with Crippen LogP contribution in [0.4, 0.5) is 0 Å². The Morgan fingerprint density at radius 3 is 1.97 bits per heavy atom. The summed E-state index contributed by atoms with van der Waals surface area (Å²) in [4.78, 5) is 101. The molecule has 21 nitrogen and oxygen atoms in total. The maximum Gasteiger partial charge on any atom is 0.322 e. The zero-order chi connectivity index (χ0) is 43.6. The summed E-state index contributed by atoms with van der Waals surface area (Å²) in [5.74, 6) is -6.80. The smallest absolute Gasteiger partial charge is 0.322 e. The summed E-state index contributed by atoms with van der Waals surface area (Å²) in [6, 6.07) is 9.37. The molecule has 0 fully saturated rings. The summed E-state index contributed by atoms with van der Waals surface area (Å²) in [6.07, 6.45) is 3.86. The third-order valence-electron chi connectivity index (χ3n) is 9.29. The van der Waals surface area contributed by atoms with Gasteiger partial charge in [-0.05, 0) is 36.5 Å². The van der Waals surface area contributed by atoms with Crippen LogP contribution in [0.25, 0.3) is 10.9 Å². The topological polar surface area (TPSA) is 352 Å². The van der Waals surface area contributed by atoms with Gasteiger partial charge in [0.2, 0.25) is 29.5 Å². The number of nitrogens with zero attached hydrogens (tertiary/aromatic N) is 1. The first-order valence-corrected chi connectivity index (χ1v) is 19.0. The van der Waals surface area contributed by atoms with Crippen molar-refractivity contribution in [3.63, 3.8) is 0 Å². The largest absolute Gasteiger partial charge is 0.481 e. The van der Waals surface area contributed by atoms with Crippen LogP contribution >= 0.6 is 0 Å². The Labute approximate surface area is 343 Å². The Bertz CT molecular complexity index is 2110. The molecular formula is C39H50N12O9. The number of nitrogens with one attached hydrogen (secondary N) is 9. The van der Waals surface area contributed by atoms with Gasteiger partial charge >= 0.3 is 11.9 Å². The second-order valence-corrected chi connectivity index (χ2v) is 13.9. The van der Waals surface area contributed by atoms with Gasteiger partial charge in [0.15, 0.2) is 5.96 Å². The second-order valence-electron chi connectivity index (χ2n) is 13.9. The van der Waals surface area contributed by atoms with Crippen LogP contribution in [-0.4, -0.2) is 116 Å². The van der Waals surface area contributed by atoms with Crippen molar-refractivity contribution in [2.24, 2.45) is 11.5 Å². The molecule has 0 unspecified atom stereocenters. The van der Waals surface area contributed by atoms with E-state index in [1.165, 1.54) is 12.5 Å². The fourth-order valence-electron chi connectivity index (χ4n) is 6.20. The highest BCUT2D eigenvalue weighted by atomic mass is 16.4. The lowest BCUT2D eigenvalue weighted by molar-refractivity contribution is -0.139. The van der Waals surface area contributed by atoms with E-state index < -0.39 is 78.2 Å². The molecule has 0 aliphatic carbocycles. The molecule has 60 heavy (non-hydrogen) atoms. The highest BCUT2D eigenvalue weighted by Gasteiger charge is 2.33. The van der Waals surface area contributed by atoms with Gasteiger partial charge in [-0.25, -0.2) is 4.98 Å². The van der Waals surface area contributed by atoms with Crippen LogP contribution in [0, 0.1) is 5.41 Å². The average molecular weight is 831 g/mol. The number of carbonyl (C=O) groups is 7. The summed E-state index contributed by atoms with van der Waals surface area (Å²) >= 11 is 0. The van der Waals surface area contributed by atoms with E-state index in [9.17, 15) is 38.7 Å². The summed E-state index contributed by atoms with van der Waals surface area (Å²) in [6.45, 7) is -0.576. The molecule has 2 aromatic heterocycles. The van der Waals surface area contributed by atoms with Gasteiger partial charge in [0.05, 0.1) is 18.1 Å². The van der Waals surface area contributed by atoms with Crippen molar-refractivity contribution < 1.29 is 43.8 Å². The first-order chi connectivity index (χ1) is 28.7. The molecule has 15 N–H and O–H groups in total. The van der Waals surface area contributed by atoms with Gasteiger partial charge in [0, 0.05) is 55.5 Å². The number of hydrogen-bond donors (Lipinski definition) is 13. The Balaban J connectivity index is 1.60. The molecule has 4 aromatic rings. The number of carbonyl (C=O) groups excluding carboxylic acids is 5. The minimum atomic E-state index is -1.34. The van der Waals surface area contributed by atoms with E-state index in [1.54, 1.807) is 42.6 Å². The zero-order valence-electron chi connectivity index (χ0n) is 32.5. The van der Waals surface area contributed by atoms with Gasteiger partial charge in [-0.15, -0.1) is 0 Å². The van der Waals surface area contributed by atoms with Crippen molar-refractivity contribution in [1.82, 2.24) is 46.9 Å². The number of rotatable bonds is 24. The number of carboxylic acids is 2. The number of carboxylic acid groups (broad SMARTS) is 2. The summed E-state index contributed by atoms with van der Waals surface area (Å²) in [7, 11) is 0. The van der Waals surface area contributed by atoms with Gasteiger partial charge in [-0.1, -0.05) is 48.5 Å². The van der Waals surface area contributed by atoms with Crippen molar-refractivity contribution in [2.45, 2.75) is 75.2 Å². The van der Waals surface area contributed by atoms with E-state index in [2.05, 4.69) is 46.9 Å². The monoisotopic (exact) mass is 830 g/mol. The molecule has 4 rings (SSSR count). The van der Waals surface area contributed by atoms with E-state index in [0.29, 0.717) is 16.8 Å². The van der Waals surface area contributed by atoms with Gasteiger partial charge in [0.1, 0.15) is 30.7 Å². The lowest BCUT2D eigenvalue weighted by Gasteiger charge is -2.27. The van der Waals surface area contributed by atoms with Crippen molar-refractivity contribution in [2.75, 3.05) is 13.1 Å². The van der Waals surface area contributed by atoms with Crippen LogP contribution in [0.15, 0.2) is 73.3 Å². The van der Waals surface area contributed by atoms with E-state index in [1.807, 2.05) is 18.2 Å². The Morgan fingerprint density at radius 2 is 1.32 bits per heavy atom. The standard InChI is InChI=1S/C39H50N12O9/c40-26(12-13-32(52)53)34(56)49-31(17-24-19-43-21-47-24)38(60)50-29(15-22-7-2-1-3-8-22)37(59)48-28(11-6-14-44-39(41)42)36(58)51-30(35(57)46-20-33(54)55)16-23-18-45-27-10-5-4-9-25(23)27/h1-5,7-10,18-19,21,26,28-31,45H,6,11-17,20,40H2,(H,43,47)(H,46,57)(H,48,59)(H,49,56)(H,50,60)(H,51,58)(H,52,53)(H,54,55)(H4,41,42,44)/t26-,28-,29-,30-,31-/m0/s1. The van der Waals surface area contributed by atoms with Crippen molar-refractivity contribution >= 4 is 58.3 Å². The van der Waals surface area contributed by atoms with Crippen LogP contribution in [0.5, 0.6) is 0 Å². The molecular weight excluding hydrogens is 781 g/mol. The quantitative estimate of drug-likeness (QED) is 0.0218. The lowest BCUT2D eigenvalue weighted by atomic mass is 10.0. The normalized spacial score (nSPS) is 13.4. The molecule has 2 heterocycles. The minimum absolute atomic E-state index is 0.0352. The number of aliphatic carboxylic acids is 2. The molecule has 0 aliphatic heterocycles.